The fourth-order valence-electron chi connectivity index (χ4n) is 3.28. The highest BCUT2D eigenvalue weighted by Gasteiger charge is 2.46. The molecule has 1 aromatic rings. The van der Waals surface area contributed by atoms with Gasteiger partial charge in [-0.1, -0.05) is 0 Å². The zero-order chi connectivity index (χ0) is 17.2. The number of carbonyl (C=O) groups is 2. The van der Waals surface area contributed by atoms with Crippen LogP contribution in [0.4, 0.5) is 10.2 Å². The summed E-state index contributed by atoms with van der Waals surface area (Å²) in [6, 6.07) is 2.86. The molecule has 130 valence electrons. The van der Waals surface area contributed by atoms with E-state index in [0.29, 0.717) is 26.1 Å². The first-order chi connectivity index (χ1) is 11.5. The Morgan fingerprint density at radius 3 is 3.12 bits per heavy atom. The van der Waals surface area contributed by atoms with Gasteiger partial charge in [0, 0.05) is 32.6 Å². The van der Waals surface area contributed by atoms with Crippen molar-refractivity contribution in [1.82, 2.24) is 15.2 Å². The second kappa shape index (κ2) is 6.72. The summed E-state index contributed by atoms with van der Waals surface area (Å²) in [6.45, 7) is 2.93. The minimum Gasteiger partial charge on any atom is -0.371 e. The SMILES string of the molecule is CC(=O)NCC(=O)N1CCC2(CC(Nc3ncccc3F)CO2)C1. The lowest BCUT2D eigenvalue weighted by Gasteiger charge is -2.23. The van der Waals surface area contributed by atoms with Crippen LogP contribution in [0.15, 0.2) is 18.3 Å². The van der Waals surface area contributed by atoms with E-state index in [1.807, 2.05) is 0 Å². The highest BCUT2D eigenvalue weighted by atomic mass is 19.1. The quantitative estimate of drug-likeness (QED) is 0.838. The zero-order valence-electron chi connectivity index (χ0n) is 13.5. The highest BCUT2D eigenvalue weighted by molar-refractivity contribution is 5.83. The monoisotopic (exact) mass is 336 g/mol. The number of nitrogens with one attached hydrogen (secondary N) is 2. The summed E-state index contributed by atoms with van der Waals surface area (Å²) in [5.41, 5.74) is -0.394. The summed E-state index contributed by atoms with van der Waals surface area (Å²) in [7, 11) is 0. The van der Waals surface area contributed by atoms with Crippen molar-refractivity contribution >= 4 is 17.6 Å². The molecule has 1 aromatic heterocycles. The van der Waals surface area contributed by atoms with Crippen LogP contribution < -0.4 is 10.6 Å². The molecule has 2 aliphatic heterocycles. The van der Waals surface area contributed by atoms with E-state index in [9.17, 15) is 14.0 Å². The third-order valence-corrected chi connectivity index (χ3v) is 4.47. The van der Waals surface area contributed by atoms with Gasteiger partial charge in [0.1, 0.15) is 0 Å². The fraction of sp³-hybridized carbons (Fsp3) is 0.562. The maximum absolute atomic E-state index is 13.7. The van der Waals surface area contributed by atoms with Gasteiger partial charge in [0.05, 0.1) is 24.8 Å². The third-order valence-electron chi connectivity index (χ3n) is 4.47. The standard InChI is InChI=1S/C16H21FN4O3/c1-11(22)19-8-14(23)21-6-4-16(10-21)7-12(9-24-16)20-15-13(17)3-2-5-18-15/h2-3,5,12H,4,6-10H2,1H3,(H,18,20)(H,19,22). The Hall–Kier alpha value is -2.22. The number of hydrogen-bond acceptors (Lipinski definition) is 5. The van der Waals surface area contributed by atoms with Crippen LogP contribution >= 0.6 is 0 Å². The van der Waals surface area contributed by atoms with Crippen molar-refractivity contribution in [2.24, 2.45) is 0 Å². The Kier molecular flexibility index (Phi) is 4.66. The Labute approximate surface area is 139 Å². The first kappa shape index (κ1) is 16.6. The van der Waals surface area contributed by atoms with Gasteiger partial charge < -0.3 is 20.3 Å². The summed E-state index contributed by atoms with van der Waals surface area (Å²) in [5.74, 6) is -0.509. The molecule has 1 spiro atoms. The largest absolute Gasteiger partial charge is 0.371 e. The molecule has 0 bridgehead atoms. The number of halogens is 1. The second-order valence-electron chi connectivity index (χ2n) is 6.35. The van der Waals surface area contributed by atoms with Gasteiger partial charge in [0.15, 0.2) is 11.6 Å². The van der Waals surface area contributed by atoms with Crippen molar-refractivity contribution in [2.45, 2.75) is 31.4 Å². The van der Waals surface area contributed by atoms with Gasteiger partial charge in [-0.25, -0.2) is 9.37 Å². The van der Waals surface area contributed by atoms with Gasteiger partial charge in [-0.3, -0.25) is 9.59 Å². The number of aromatic nitrogens is 1. The van der Waals surface area contributed by atoms with Gasteiger partial charge in [-0.05, 0) is 18.6 Å². The molecule has 2 fully saturated rings. The maximum Gasteiger partial charge on any atom is 0.242 e. The summed E-state index contributed by atoms with van der Waals surface area (Å²) < 4.78 is 19.6. The van der Waals surface area contributed by atoms with Gasteiger partial charge in [-0.2, -0.15) is 0 Å². The van der Waals surface area contributed by atoms with E-state index in [4.69, 9.17) is 4.74 Å². The van der Waals surface area contributed by atoms with Crippen molar-refractivity contribution in [3.63, 3.8) is 0 Å². The summed E-state index contributed by atoms with van der Waals surface area (Å²) in [6.07, 6.45) is 2.96. The van der Waals surface area contributed by atoms with Gasteiger partial charge in [0.25, 0.3) is 0 Å². The van der Waals surface area contributed by atoms with Gasteiger partial charge in [0.2, 0.25) is 11.8 Å². The topological polar surface area (TPSA) is 83.6 Å². The molecule has 7 nitrogen and oxygen atoms in total. The van der Waals surface area contributed by atoms with Crippen molar-refractivity contribution in [3.05, 3.63) is 24.1 Å². The molecule has 3 rings (SSSR count). The fourth-order valence-corrected chi connectivity index (χ4v) is 3.28. The van der Waals surface area contributed by atoms with E-state index in [2.05, 4.69) is 15.6 Å². The van der Waals surface area contributed by atoms with E-state index in [1.165, 1.54) is 19.2 Å². The lowest BCUT2D eigenvalue weighted by molar-refractivity contribution is -0.132. The van der Waals surface area contributed by atoms with Crippen molar-refractivity contribution in [2.75, 3.05) is 31.6 Å². The number of rotatable bonds is 4. The van der Waals surface area contributed by atoms with E-state index in [-0.39, 0.29) is 30.2 Å². The van der Waals surface area contributed by atoms with E-state index in [1.54, 1.807) is 11.0 Å². The molecule has 2 N–H and O–H groups in total. The molecule has 2 amide bonds. The molecule has 0 saturated carbocycles. The van der Waals surface area contributed by atoms with Crippen molar-refractivity contribution < 1.29 is 18.7 Å². The summed E-state index contributed by atoms with van der Waals surface area (Å²) >= 11 is 0. The predicted molar refractivity (Wildman–Crippen MR) is 84.8 cm³/mol. The van der Waals surface area contributed by atoms with Crippen LogP contribution in [-0.4, -0.2) is 59.6 Å². The van der Waals surface area contributed by atoms with Crippen LogP contribution in [-0.2, 0) is 14.3 Å². The minimum absolute atomic E-state index is 0.00619. The lowest BCUT2D eigenvalue weighted by atomic mass is 9.97. The predicted octanol–water partition coefficient (Wildman–Crippen LogP) is 0.529. The number of hydrogen-bond donors (Lipinski definition) is 2. The Morgan fingerprint density at radius 2 is 2.38 bits per heavy atom. The first-order valence-electron chi connectivity index (χ1n) is 8.01. The highest BCUT2D eigenvalue weighted by Crippen LogP contribution is 2.36. The average Bonchev–Trinajstić information content (AvgIpc) is 3.15. The Bertz CT molecular complexity index is 642. The number of pyridine rings is 1. The number of likely N-dealkylation sites (tertiary alicyclic amines) is 1. The minimum atomic E-state index is -0.394. The van der Waals surface area contributed by atoms with E-state index in [0.717, 1.165) is 6.42 Å². The van der Waals surface area contributed by atoms with Crippen LogP contribution in [0.1, 0.15) is 19.8 Å². The smallest absolute Gasteiger partial charge is 0.242 e. The molecule has 0 aromatic carbocycles. The molecule has 8 heteroatoms. The number of anilines is 1. The summed E-state index contributed by atoms with van der Waals surface area (Å²) in [5, 5.41) is 5.59. The molecule has 0 radical (unpaired) electrons. The number of ether oxygens (including phenoxy) is 1. The van der Waals surface area contributed by atoms with Crippen LogP contribution in [0.5, 0.6) is 0 Å². The van der Waals surface area contributed by atoms with Gasteiger partial charge in [-0.15, -0.1) is 0 Å². The molecule has 2 unspecified atom stereocenters. The molecule has 2 atom stereocenters. The maximum atomic E-state index is 13.7. The van der Waals surface area contributed by atoms with E-state index >= 15 is 0 Å². The molecule has 24 heavy (non-hydrogen) atoms. The van der Waals surface area contributed by atoms with Gasteiger partial charge >= 0.3 is 0 Å². The Morgan fingerprint density at radius 1 is 1.54 bits per heavy atom. The molecular weight excluding hydrogens is 315 g/mol. The first-order valence-corrected chi connectivity index (χ1v) is 8.01. The molecule has 2 saturated heterocycles. The van der Waals surface area contributed by atoms with Crippen LogP contribution in [0.2, 0.25) is 0 Å². The normalized spacial score (nSPS) is 25.9. The zero-order valence-corrected chi connectivity index (χ0v) is 13.5. The molecule has 2 aliphatic rings. The Balaban J connectivity index is 1.54. The van der Waals surface area contributed by atoms with Crippen LogP contribution in [0, 0.1) is 5.82 Å². The molecule has 3 heterocycles. The number of nitrogens with zero attached hydrogens (tertiary/aromatic N) is 2. The van der Waals surface area contributed by atoms with Crippen molar-refractivity contribution in [3.8, 4) is 0 Å². The van der Waals surface area contributed by atoms with Crippen LogP contribution in [0.25, 0.3) is 0 Å². The molecule has 0 aliphatic carbocycles. The average molecular weight is 336 g/mol. The van der Waals surface area contributed by atoms with E-state index < -0.39 is 11.4 Å². The van der Waals surface area contributed by atoms with Crippen LogP contribution in [0.3, 0.4) is 0 Å². The second-order valence-corrected chi connectivity index (χ2v) is 6.35. The summed E-state index contributed by atoms with van der Waals surface area (Å²) in [4.78, 5) is 28.7. The van der Waals surface area contributed by atoms with Crippen molar-refractivity contribution in [1.29, 1.82) is 0 Å². The number of amides is 2. The number of carbonyl (C=O) groups excluding carboxylic acids is 2. The lowest BCUT2D eigenvalue weighted by Crippen LogP contribution is -2.41. The molecular formula is C16H21FN4O3. The third kappa shape index (κ3) is 3.64.